The number of hydrogen-bond acceptors (Lipinski definition) is 0. The van der Waals surface area contributed by atoms with Crippen molar-refractivity contribution in [1.29, 1.82) is 0 Å². The molecule has 0 spiro atoms. The minimum Gasteiger partial charge on any atom is -0.147 e. The van der Waals surface area contributed by atoms with Gasteiger partial charge in [0.2, 0.25) is 0 Å². The van der Waals surface area contributed by atoms with Crippen LogP contribution in [0.4, 0.5) is 0 Å². The minimum atomic E-state index is -0.495. The smallest absolute Gasteiger partial charge is 0 e. The fourth-order valence-electron chi connectivity index (χ4n) is 2.81. The van der Waals surface area contributed by atoms with Crippen LogP contribution in [0.3, 0.4) is 0 Å². The van der Waals surface area contributed by atoms with Crippen molar-refractivity contribution in [1.82, 2.24) is 0 Å². The average molecular weight is 534 g/mol. The van der Waals surface area contributed by atoms with Gasteiger partial charge in [0.15, 0.2) is 0 Å². The Morgan fingerprint density at radius 2 is 1.13 bits per heavy atom. The molecule has 0 aromatic rings. The number of allylic oxidation sites excluding steroid dienone is 8. The van der Waals surface area contributed by atoms with Crippen LogP contribution in [0.15, 0.2) is 42.0 Å². The standard InChI is InChI=1S/2C9H13.3ClH.2Zr/c2*1-8(2)7-9-5-3-4-6-9;;;;;/h2*3,5,8H,4,7H2,1-2H3;3*1H;;. The number of rotatable bonds is 6. The molecule has 2 aliphatic rings. The second-order valence-electron chi connectivity index (χ2n) is 6.54. The monoisotopic (exact) mass is 530 g/mol. The van der Waals surface area contributed by atoms with Crippen molar-refractivity contribution in [2.45, 2.75) is 53.4 Å². The number of hydrogen-bond donors (Lipinski definition) is 0. The summed E-state index contributed by atoms with van der Waals surface area (Å²) < 4.78 is 3.69. The summed E-state index contributed by atoms with van der Waals surface area (Å²) in [5.41, 5.74) is 3.37. The van der Waals surface area contributed by atoms with Crippen molar-refractivity contribution in [2.24, 2.45) is 11.8 Å². The van der Waals surface area contributed by atoms with E-state index in [0.29, 0.717) is 0 Å². The Morgan fingerprint density at radius 3 is 1.43 bits per heavy atom. The van der Waals surface area contributed by atoms with Crippen molar-refractivity contribution in [3.63, 3.8) is 0 Å². The summed E-state index contributed by atoms with van der Waals surface area (Å²) in [4.78, 5) is 0. The van der Waals surface area contributed by atoms with Crippen LogP contribution in [0, 0.1) is 11.8 Å². The summed E-state index contributed by atoms with van der Waals surface area (Å²) in [6.07, 6.45) is 14.7. The van der Waals surface area contributed by atoms with E-state index in [1.54, 1.807) is 11.1 Å². The van der Waals surface area contributed by atoms with E-state index in [4.69, 9.17) is 0 Å². The third kappa shape index (κ3) is 9.75. The van der Waals surface area contributed by atoms with E-state index in [-0.39, 0.29) is 63.4 Å². The molecule has 2 aliphatic carbocycles. The van der Waals surface area contributed by atoms with Crippen LogP contribution >= 0.6 is 37.2 Å². The van der Waals surface area contributed by atoms with Gasteiger partial charge in [-0.2, -0.15) is 0 Å². The first-order valence-electron chi connectivity index (χ1n) is 7.60. The molecule has 0 saturated carbocycles. The van der Waals surface area contributed by atoms with Crippen molar-refractivity contribution in [2.75, 3.05) is 0 Å². The normalized spacial score (nSPS) is 15.4. The van der Waals surface area contributed by atoms with Gasteiger partial charge in [0.25, 0.3) is 0 Å². The molecule has 0 aromatic carbocycles. The van der Waals surface area contributed by atoms with Crippen molar-refractivity contribution >= 4 is 37.2 Å². The average Bonchev–Trinajstić information content (AvgIpc) is 2.89. The Kier molecular flexibility index (Phi) is 18.8. The second-order valence-corrected chi connectivity index (χ2v) is 10.1. The summed E-state index contributed by atoms with van der Waals surface area (Å²) in [6, 6.07) is 0. The quantitative estimate of drug-likeness (QED) is 0.350. The molecule has 0 N–H and O–H groups in total. The molecule has 0 aliphatic heterocycles. The van der Waals surface area contributed by atoms with Crippen LogP contribution in [0.1, 0.15) is 53.4 Å². The van der Waals surface area contributed by atoms with Crippen LogP contribution in [-0.4, -0.2) is 0 Å². The van der Waals surface area contributed by atoms with E-state index in [9.17, 15) is 0 Å². The van der Waals surface area contributed by atoms with E-state index < -0.39 is 23.2 Å². The van der Waals surface area contributed by atoms with Crippen molar-refractivity contribution in [3.05, 3.63) is 42.0 Å². The molecule has 0 nitrogen and oxygen atoms in total. The topological polar surface area (TPSA) is 0 Å². The SMILES string of the molecule is CC(C)CC1=[C]([Zr][C]2=C(CC(C)C)C=CC2)CC=C1.Cl.Cl.Cl.[Zr]. The molecule has 0 atom stereocenters. The Balaban J connectivity index is -0.000001000. The molecular formula is C18H29Cl3Zr2. The first-order chi connectivity index (χ1) is 9.06. The molecule has 0 amide bonds. The Hall–Kier alpha value is 1.60. The summed E-state index contributed by atoms with van der Waals surface area (Å²) >= 11 is -0.495. The minimum absolute atomic E-state index is 0. The van der Waals surface area contributed by atoms with Crippen LogP contribution in [0.5, 0.6) is 0 Å². The fourth-order valence-corrected chi connectivity index (χ4v) is 6.49. The molecule has 0 fully saturated rings. The zero-order valence-electron chi connectivity index (χ0n) is 14.5. The molecule has 5 heteroatoms. The molecule has 130 valence electrons. The first-order valence-corrected chi connectivity index (χ1v) is 10.1. The van der Waals surface area contributed by atoms with Crippen molar-refractivity contribution in [3.8, 4) is 0 Å². The zero-order chi connectivity index (χ0) is 13.8. The summed E-state index contributed by atoms with van der Waals surface area (Å²) in [5, 5.41) is 0. The molecule has 0 bridgehead atoms. The molecule has 0 radical (unpaired) electrons. The molecular weight excluding hydrogens is 505 g/mol. The molecule has 23 heavy (non-hydrogen) atoms. The summed E-state index contributed by atoms with van der Waals surface area (Å²) in [6.45, 7) is 9.34. The maximum Gasteiger partial charge on any atom is 0 e. The predicted octanol–water partition coefficient (Wildman–Crippen LogP) is 6.85. The van der Waals surface area contributed by atoms with Gasteiger partial charge in [0.1, 0.15) is 0 Å². The van der Waals surface area contributed by atoms with E-state index in [0.717, 1.165) is 11.8 Å². The van der Waals surface area contributed by atoms with Crippen LogP contribution < -0.4 is 0 Å². The Morgan fingerprint density at radius 1 is 0.783 bits per heavy atom. The van der Waals surface area contributed by atoms with Crippen molar-refractivity contribution < 1.29 is 49.4 Å². The van der Waals surface area contributed by atoms with Crippen LogP contribution in [-0.2, 0) is 49.4 Å². The van der Waals surface area contributed by atoms with E-state index in [1.807, 2.05) is 6.56 Å². The largest absolute Gasteiger partial charge is 0.147 e. The molecule has 0 aromatic heterocycles. The van der Waals surface area contributed by atoms with E-state index in [2.05, 4.69) is 52.0 Å². The molecule has 0 heterocycles. The molecule has 0 saturated heterocycles. The summed E-state index contributed by atoms with van der Waals surface area (Å²) in [7, 11) is 0. The predicted molar refractivity (Wildman–Crippen MR) is 102 cm³/mol. The van der Waals surface area contributed by atoms with Gasteiger partial charge in [0.05, 0.1) is 0 Å². The van der Waals surface area contributed by atoms with E-state index >= 15 is 0 Å². The van der Waals surface area contributed by atoms with Gasteiger partial charge in [-0.15, -0.1) is 37.2 Å². The van der Waals surface area contributed by atoms with Gasteiger partial charge in [-0.25, -0.2) is 0 Å². The maximum atomic E-state index is 2.40. The van der Waals surface area contributed by atoms with Gasteiger partial charge in [-0.1, -0.05) is 0 Å². The third-order valence-corrected chi connectivity index (χ3v) is 7.68. The molecule has 2 rings (SSSR count). The Bertz CT molecular complexity index is 419. The Labute approximate surface area is 192 Å². The second kappa shape index (κ2) is 14.7. The van der Waals surface area contributed by atoms with Gasteiger partial charge >= 0.3 is 130 Å². The van der Waals surface area contributed by atoms with Gasteiger partial charge in [0, 0.05) is 26.2 Å². The fraction of sp³-hybridized carbons (Fsp3) is 0.556. The van der Waals surface area contributed by atoms with Gasteiger partial charge in [-0.3, -0.25) is 0 Å². The van der Waals surface area contributed by atoms with Gasteiger partial charge in [-0.05, 0) is 0 Å². The summed E-state index contributed by atoms with van der Waals surface area (Å²) in [5.74, 6) is 1.58. The third-order valence-electron chi connectivity index (χ3n) is 3.62. The van der Waals surface area contributed by atoms with E-state index in [1.165, 1.54) is 25.7 Å². The molecule has 0 unspecified atom stereocenters. The van der Waals surface area contributed by atoms with Crippen LogP contribution in [0.25, 0.3) is 0 Å². The van der Waals surface area contributed by atoms with Crippen LogP contribution in [0.2, 0.25) is 0 Å². The maximum absolute atomic E-state index is 2.40. The van der Waals surface area contributed by atoms with Gasteiger partial charge < -0.3 is 0 Å². The zero-order valence-corrected chi connectivity index (χ0v) is 21.9. The number of halogens is 3. The first kappa shape index (κ1) is 29.4.